The molecule has 132 valence electrons. The molecule has 1 aliphatic rings. The molecule has 0 spiro atoms. The van der Waals surface area contributed by atoms with Crippen molar-refractivity contribution in [3.05, 3.63) is 76.2 Å². The van der Waals surface area contributed by atoms with Crippen LogP contribution in [0.25, 0.3) is 10.8 Å². The number of carbonyl (C=O) groups excluding carboxylic acids is 1. The van der Waals surface area contributed by atoms with Crippen LogP contribution in [0.5, 0.6) is 0 Å². The molecule has 1 saturated carbocycles. The maximum atomic E-state index is 12.7. The van der Waals surface area contributed by atoms with E-state index in [0.717, 1.165) is 35.9 Å². The number of carbonyl (C=O) groups is 1. The van der Waals surface area contributed by atoms with E-state index in [9.17, 15) is 9.59 Å². The van der Waals surface area contributed by atoms with Crippen molar-refractivity contribution in [3.63, 3.8) is 0 Å². The average molecular weight is 347 g/mol. The Morgan fingerprint density at radius 1 is 1.08 bits per heavy atom. The van der Waals surface area contributed by atoms with Crippen molar-refractivity contribution >= 4 is 16.7 Å². The van der Waals surface area contributed by atoms with E-state index in [1.54, 1.807) is 6.07 Å². The first-order valence-corrected chi connectivity index (χ1v) is 8.92. The maximum Gasteiger partial charge on any atom is 0.275 e. The first-order valence-electron chi connectivity index (χ1n) is 8.92. The number of benzene rings is 2. The summed E-state index contributed by atoms with van der Waals surface area (Å²) in [5, 5.41) is 8.90. The predicted molar refractivity (Wildman–Crippen MR) is 101 cm³/mol. The molecule has 0 aliphatic heterocycles. The van der Waals surface area contributed by atoms with Gasteiger partial charge in [0.1, 0.15) is 6.54 Å². The molecule has 4 rings (SSSR count). The quantitative estimate of drug-likeness (QED) is 0.789. The van der Waals surface area contributed by atoms with E-state index in [-0.39, 0.29) is 23.6 Å². The lowest BCUT2D eigenvalue weighted by Gasteiger charge is -2.43. The summed E-state index contributed by atoms with van der Waals surface area (Å²) in [6, 6.07) is 17.4. The second-order valence-corrected chi connectivity index (χ2v) is 6.94. The third-order valence-electron chi connectivity index (χ3n) is 5.26. The minimum atomic E-state index is -0.312. The fourth-order valence-electron chi connectivity index (χ4n) is 3.73. The van der Waals surface area contributed by atoms with Gasteiger partial charge in [-0.05, 0) is 37.8 Å². The molecule has 1 aliphatic carbocycles. The molecule has 3 aromatic rings. The van der Waals surface area contributed by atoms with Crippen molar-refractivity contribution in [2.45, 2.75) is 38.3 Å². The molecule has 1 fully saturated rings. The van der Waals surface area contributed by atoms with E-state index in [0.29, 0.717) is 5.39 Å². The van der Waals surface area contributed by atoms with E-state index < -0.39 is 0 Å². The molecular weight excluding hydrogens is 326 g/mol. The molecule has 26 heavy (non-hydrogen) atoms. The summed E-state index contributed by atoms with van der Waals surface area (Å²) in [6.45, 7) is 1.78. The fraction of sp³-hybridized carbons (Fsp3) is 0.286. The van der Waals surface area contributed by atoms with Crippen molar-refractivity contribution in [2.24, 2.45) is 0 Å². The average Bonchev–Trinajstić information content (AvgIpc) is 2.63. The zero-order valence-corrected chi connectivity index (χ0v) is 14.7. The van der Waals surface area contributed by atoms with Gasteiger partial charge in [-0.25, -0.2) is 4.68 Å². The highest BCUT2D eigenvalue weighted by Gasteiger charge is 2.39. The SMILES string of the molecule is Cc1nn(CC(=O)NC2(c3ccccc3)CCC2)c(=O)c2ccccc12. The van der Waals surface area contributed by atoms with Crippen LogP contribution >= 0.6 is 0 Å². The Hall–Kier alpha value is -2.95. The largest absolute Gasteiger partial charge is 0.345 e. The van der Waals surface area contributed by atoms with Crippen molar-refractivity contribution in [3.8, 4) is 0 Å². The third-order valence-corrected chi connectivity index (χ3v) is 5.26. The number of aromatic nitrogens is 2. The van der Waals surface area contributed by atoms with Crippen LogP contribution in [0.2, 0.25) is 0 Å². The summed E-state index contributed by atoms with van der Waals surface area (Å²) >= 11 is 0. The van der Waals surface area contributed by atoms with Crippen LogP contribution in [-0.4, -0.2) is 15.7 Å². The molecule has 1 amide bonds. The Morgan fingerprint density at radius 3 is 2.38 bits per heavy atom. The Balaban J connectivity index is 1.60. The highest BCUT2D eigenvalue weighted by molar-refractivity contribution is 5.83. The Morgan fingerprint density at radius 2 is 1.73 bits per heavy atom. The van der Waals surface area contributed by atoms with Gasteiger partial charge in [0, 0.05) is 5.39 Å². The molecule has 0 saturated heterocycles. The number of fused-ring (bicyclic) bond motifs is 1. The molecule has 0 atom stereocenters. The van der Waals surface area contributed by atoms with E-state index >= 15 is 0 Å². The summed E-state index contributed by atoms with van der Waals surface area (Å²) in [4.78, 5) is 25.3. The summed E-state index contributed by atoms with van der Waals surface area (Å²) < 4.78 is 1.27. The Bertz CT molecular complexity index is 1020. The zero-order valence-electron chi connectivity index (χ0n) is 14.7. The number of hydrogen-bond donors (Lipinski definition) is 1. The van der Waals surface area contributed by atoms with Gasteiger partial charge in [0.15, 0.2) is 0 Å². The summed E-state index contributed by atoms with van der Waals surface area (Å²) in [7, 11) is 0. The lowest BCUT2D eigenvalue weighted by Crippen LogP contribution is -2.52. The van der Waals surface area contributed by atoms with E-state index in [2.05, 4.69) is 10.4 Å². The van der Waals surface area contributed by atoms with Crippen LogP contribution in [-0.2, 0) is 16.9 Å². The van der Waals surface area contributed by atoms with Gasteiger partial charge in [0.05, 0.1) is 16.6 Å². The number of rotatable bonds is 4. The van der Waals surface area contributed by atoms with Crippen LogP contribution in [0.4, 0.5) is 0 Å². The molecule has 1 N–H and O–H groups in total. The van der Waals surface area contributed by atoms with Gasteiger partial charge in [0.2, 0.25) is 5.91 Å². The lowest BCUT2D eigenvalue weighted by atomic mass is 9.72. The van der Waals surface area contributed by atoms with Crippen molar-refractivity contribution in [1.82, 2.24) is 15.1 Å². The molecular formula is C21H21N3O2. The van der Waals surface area contributed by atoms with Crippen LogP contribution in [0.15, 0.2) is 59.4 Å². The van der Waals surface area contributed by atoms with Gasteiger partial charge >= 0.3 is 0 Å². The minimum Gasteiger partial charge on any atom is -0.345 e. The van der Waals surface area contributed by atoms with Crippen LogP contribution in [0.3, 0.4) is 0 Å². The molecule has 0 bridgehead atoms. The highest BCUT2D eigenvalue weighted by Crippen LogP contribution is 2.41. The first kappa shape index (κ1) is 16.5. The molecule has 1 aromatic heterocycles. The first-order chi connectivity index (χ1) is 12.6. The smallest absolute Gasteiger partial charge is 0.275 e. The second-order valence-electron chi connectivity index (χ2n) is 6.94. The molecule has 5 heteroatoms. The Kier molecular flexibility index (Phi) is 4.07. The number of aryl methyl sites for hydroxylation is 1. The van der Waals surface area contributed by atoms with Crippen LogP contribution in [0, 0.1) is 6.92 Å². The summed E-state index contributed by atoms with van der Waals surface area (Å²) in [5.41, 5.74) is 1.32. The molecule has 0 unspecified atom stereocenters. The maximum absolute atomic E-state index is 12.7. The summed E-state index contributed by atoms with van der Waals surface area (Å²) in [6.07, 6.45) is 2.92. The fourth-order valence-corrected chi connectivity index (χ4v) is 3.73. The Labute approximate surface area is 151 Å². The van der Waals surface area contributed by atoms with Gasteiger partial charge in [-0.2, -0.15) is 5.10 Å². The zero-order chi connectivity index (χ0) is 18.1. The van der Waals surface area contributed by atoms with Crippen LogP contribution < -0.4 is 10.9 Å². The van der Waals surface area contributed by atoms with Gasteiger partial charge in [-0.1, -0.05) is 48.5 Å². The van der Waals surface area contributed by atoms with Crippen molar-refractivity contribution < 1.29 is 4.79 Å². The van der Waals surface area contributed by atoms with Gasteiger partial charge in [-0.3, -0.25) is 9.59 Å². The molecule has 1 heterocycles. The molecule has 0 radical (unpaired) electrons. The molecule has 5 nitrogen and oxygen atoms in total. The highest BCUT2D eigenvalue weighted by atomic mass is 16.2. The van der Waals surface area contributed by atoms with Crippen LogP contribution in [0.1, 0.15) is 30.5 Å². The topological polar surface area (TPSA) is 64.0 Å². The minimum absolute atomic E-state index is 0.0703. The normalized spacial score (nSPS) is 15.4. The summed E-state index contributed by atoms with van der Waals surface area (Å²) in [5.74, 6) is -0.183. The van der Waals surface area contributed by atoms with Crippen molar-refractivity contribution in [2.75, 3.05) is 0 Å². The van der Waals surface area contributed by atoms with E-state index in [1.807, 2.05) is 55.5 Å². The number of amides is 1. The number of hydrogen-bond acceptors (Lipinski definition) is 3. The van der Waals surface area contributed by atoms with E-state index in [1.165, 1.54) is 4.68 Å². The number of nitrogens with zero attached hydrogens (tertiary/aromatic N) is 2. The standard InChI is InChI=1S/C21H21N3O2/c1-15-17-10-5-6-11-18(17)20(26)24(23-15)14-19(25)22-21(12-7-13-21)16-8-3-2-4-9-16/h2-6,8-11H,7,12-14H2,1H3,(H,22,25). The second kappa shape index (κ2) is 6.41. The number of nitrogens with one attached hydrogen (secondary N) is 1. The monoisotopic (exact) mass is 347 g/mol. The van der Waals surface area contributed by atoms with E-state index in [4.69, 9.17) is 0 Å². The third kappa shape index (κ3) is 2.79. The van der Waals surface area contributed by atoms with Crippen molar-refractivity contribution in [1.29, 1.82) is 0 Å². The predicted octanol–water partition coefficient (Wildman–Crippen LogP) is 2.90. The lowest BCUT2D eigenvalue weighted by molar-refractivity contribution is -0.125. The van der Waals surface area contributed by atoms with Gasteiger partial charge < -0.3 is 5.32 Å². The van der Waals surface area contributed by atoms with Gasteiger partial charge in [0.25, 0.3) is 5.56 Å². The molecule has 2 aromatic carbocycles. The van der Waals surface area contributed by atoms with Gasteiger partial charge in [-0.15, -0.1) is 0 Å².